The molecule has 0 atom stereocenters. The smallest absolute Gasteiger partial charge is 0.153 e. The standard InChI is InChI=1S/C13H14N4S.CH4.ClH/c1-7(2)12-17-10-11(14)15-8-5-3-4-6-9(8)16-13(10)18-12;;/h3-7,16H,1-2H3,(H2,14,15);1H4;1H. The molecule has 108 valence electrons. The first kappa shape index (κ1) is 16.5. The normalized spacial score (nSPS) is 12.1. The second-order valence-electron chi connectivity index (χ2n) is 4.52. The number of aromatic nitrogens is 1. The number of thiazole rings is 1. The molecule has 0 unspecified atom stereocenters. The SMILES string of the molecule is C.CC(C)c1nc2c(s1)Nc1ccccc1N=C2N.Cl. The Bertz CT molecular complexity index is 634. The summed E-state index contributed by atoms with van der Waals surface area (Å²) in [6, 6.07) is 7.86. The zero-order valence-electron chi connectivity index (χ0n) is 10.7. The van der Waals surface area contributed by atoms with Crippen LogP contribution >= 0.6 is 23.7 Å². The molecule has 0 spiro atoms. The molecule has 6 heteroatoms. The average Bonchev–Trinajstić information content (AvgIpc) is 2.71. The van der Waals surface area contributed by atoms with Crippen LogP contribution in [0.25, 0.3) is 0 Å². The molecular weight excluding hydrogens is 292 g/mol. The number of hydrogen-bond donors (Lipinski definition) is 2. The van der Waals surface area contributed by atoms with Crippen molar-refractivity contribution < 1.29 is 0 Å². The Morgan fingerprint density at radius 1 is 1.25 bits per heavy atom. The van der Waals surface area contributed by atoms with E-state index in [1.54, 1.807) is 11.3 Å². The summed E-state index contributed by atoms with van der Waals surface area (Å²) in [5.41, 5.74) is 8.62. The van der Waals surface area contributed by atoms with Crippen LogP contribution in [0, 0.1) is 0 Å². The highest BCUT2D eigenvalue weighted by Crippen LogP contribution is 2.37. The molecule has 0 bridgehead atoms. The minimum Gasteiger partial charge on any atom is -0.382 e. The predicted octanol–water partition coefficient (Wildman–Crippen LogP) is 4.42. The fourth-order valence-electron chi connectivity index (χ4n) is 1.82. The Labute approximate surface area is 129 Å². The number of rotatable bonds is 1. The first-order valence-corrected chi connectivity index (χ1v) is 6.68. The number of aliphatic imine (C=N–C) groups is 1. The number of fused-ring (bicyclic) bond motifs is 2. The molecular formula is C14H19ClN4S. The van der Waals surface area contributed by atoms with Gasteiger partial charge in [-0.15, -0.1) is 23.7 Å². The van der Waals surface area contributed by atoms with Crippen LogP contribution < -0.4 is 11.1 Å². The lowest BCUT2D eigenvalue weighted by Gasteiger charge is -2.04. The van der Waals surface area contributed by atoms with Crippen molar-refractivity contribution in [3.63, 3.8) is 0 Å². The highest BCUT2D eigenvalue weighted by molar-refractivity contribution is 7.16. The fourth-order valence-corrected chi connectivity index (χ4v) is 2.81. The number of anilines is 2. The number of nitrogens with zero attached hydrogens (tertiary/aromatic N) is 2. The molecule has 1 aromatic carbocycles. The highest BCUT2D eigenvalue weighted by atomic mass is 35.5. The lowest BCUT2D eigenvalue weighted by Crippen LogP contribution is -2.13. The highest BCUT2D eigenvalue weighted by Gasteiger charge is 2.20. The molecule has 1 aliphatic heterocycles. The van der Waals surface area contributed by atoms with Gasteiger partial charge in [0.2, 0.25) is 0 Å². The number of nitrogens with two attached hydrogens (primary N) is 1. The molecule has 0 saturated carbocycles. The Morgan fingerprint density at radius 2 is 1.95 bits per heavy atom. The quantitative estimate of drug-likeness (QED) is 0.819. The van der Waals surface area contributed by atoms with Crippen molar-refractivity contribution in [1.82, 2.24) is 4.98 Å². The maximum Gasteiger partial charge on any atom is 0.153 e. The first-order valence-electron chi connectivity index (χ1n) is 5.86. The van der Waals surface area contributed by atoms with Gasteiger partial charge in [-0.1, -0.05) is 33.4 Å². The number of hydrogen-bond acceptors (Lipinski definition) is 5. The summed E-state index contributed by atoms with van der Waals surface area (Å²) < 4.78 is 0. The van der Waals surface area contributed by atoms with Crippen molar-refractivity contribution in [2.75, 3.05) is 5.32 Å². The minimum atomic E-state index is 0. The number of amidine groups is 1. The second-order valence-corrected chi connectivity index (χ2v) is 5.55. The van der Waals surface area contributed by atoms with Gasteiger partial charge in [-0.3, -0.25) is 0 Å². The van der Waals surface area contributed by atoms with Gasteiger partial charge in [-0.05, 0) is 12.1 Å². The van der Waals surface area contributed by atoms with Gasteiger partial charge in [0.15, 0.2) is 5.84 Å². The van der Waals surface area contributed by atoms with Crippen molar-refractivity contribution in [3.8, 4) is 0 Å². The Morgan fingerprint density at radius 3 is 2.65 bits per heavy atom. The molecule has 2 aromatic rings. The van der Waals surface area contributed by atoms with Crippen molar-refractivity contribution in [1.29, 1.82) is 0 Å². The zero-order valence-corrected chi connectivity index (χ0v) is 12.3. The predicted molar refractivity (Wildman–Crippen MR) is 90.3 cm³/mol. The summed E-state index contributed by atoms with van der Waals surface area (Å²) in [4.78, 5) is 9.00. The summed E-state index contributed by atoms with van der Waals surface area (Å²) in [6.07, 6.45) is 0. The van der Waals surface area contributed by atoms with Crippen molar-refractivity contribution in [2.24, 2.45) is 10.7 Å². The van der Waals surface area contributed by atoms with Crippen molar-refractivity contribution in [3.05, 3.63) is 35.0 Å². The summed E-state index contributed by atoms with van der Waals surface area (Å²) in [5.74, 6) is 0.873. The van der Waals surface area contributed by atoms with E-state index < -0.39 is 0 Å². The van der Waals surface area contributed by atoms with E-state index in [1.807, 2.05) is 24.3 Å². The molecule has 0 amide bonds. The van der Waals surface area contributed by atoms with E-state index >= 15 is 0 Å². The number of benzene rings is 1. The largest absolute Gasteiger partial charge is 0.382 e. The van der Waals surface area contributed by atoms with E-state index in [9.17, 15) is 0 Å². The Hall–Kier alpha value is -1.59. The van der Waals surface area contributed by atoms with Crippen LogP contribution in [0.3, 0.4) is 0 Å². The number of halogens is 1. The van der Waals surface area contributed by atoms with E-state index in [-0.39, 0.29) is 19.8 Å². The van der Waals surface area contributed by atoms with E-state index in [1.165, 1.54) is 0 Å². The van der Waals surface area contributed by atoms with Crippen LogP contribution in [0.2, 0.25) is 0 Å². The molecule has 1 aliphatic rings. The van der Waals surface area contributed by atoms with Crippen molar-refractivity contribution in [2.45, 2.75) is 27.2 Å². The molecule has 0 radical (unpaired) electrons. The van der Waals surface area contributed by atoms with E-state index in [2.05, 4.69) is 29.1 Å². The monoisotopic (exact) mass is 310 g/mol. The van der Waals surface area contributed by atoms with Crippen LogP contribution in [-0.4, -0.2) is 10.8 Å². The Balaban J connectivity index is 0.000001000. The van der Waals surface area contributed by atoms with Crippen molar-refractivity contribution >= 4 is 46.0 Å². The van der Waals surface area contributed by atoms with Gasteiger partial charge < -0.3 is 11.1 Å². The summed E-state index contributed by atoms with van der Waals surface area (Å²) in [5, 5.41) is 5.42. The lowest BCUT2D eigenvalue weighted by molar-refractivity contribution is 0.851. The molecule has 3 rings (SSSR count). The molecule has 0 fully saturated rings. The third-order valence-corrected chi connectivity index (χ3v) is 4.04. The first-order chi connectivity index (χ1) is 8.65. The number of para-hydroxylation sites is 2. The van der Waals surface area contributed by atoms with Gasteiger partial charge in [0.05, 0.1) is 16.4 Å². The van der Waals surface area contributed by atoms with Gasteiger partial charge in [-0.25, -0.2) is 9.98 Å². The van der Waals surface area contributed by atoms with Gasteiger partial charge >= 0.3 is 0 Å². The van der Waals surface area contributed by atoms with Gasteiger partial charge in [0.25, 0.3) is 0 Å². The van der Waals surface area contributed by atoms with Crippen LogP contribution in [0.1, 0.15) is 37.9 Å². The van der Waals surface area contributed by atoms with Crippen LogP contribution in [-0.2, 0) is 0 Å². The summed E-state index contributed by atoms with van der Waals surface area (Å²) in [6.45, 7) is 4.25. The lowest BCUT2D eigenvalue weighted by atomic mass is 10.2. The molecule has 4 nitrogen and oxygen atoms in total. The molecule has 2 heterocycles. The number of nitrogens with one attached hydrogen (secondary N) is 1. The topological polar surface area (TPSA) is 63.3 Å². The third-order valence-electron chi connectivity index (χ3n) is 2.77. The molecule has 1 aromatic heterocycles. The molecule has 0 aliphatic carbocycles. The molecule has 0 saturated heterocycles. The van der Waals surface area contributed by atoms with E-state index in [0.717, 1.165) is 27.1 Å². The van der Waals surface area contributed by atoms with Gasteiger partial charge in [-0.2, -0.15) is 0 Å². The second kappa shape index (κ2) is 6.24. The Kier molecular flexibility index (Phi) is 5.14. The van der Waals surface area contributed by atoms with E-state index in [4.69, 9.17) is 5.73 Å². The molecule has 3 N–H and O–H groups in total. The maximum absolute atomic E-state index is 6.03. The fraction of sp³-hybridized carbons (Fsp3) is 0.286. The average molecular weight is 311 g/mol. The third kappa shape index (κ3) is 2.78. The van der Waals surface area contributed by atoms with Gasteiger partial charge in [0.1, 0.15) is 10.7 Å². The molecule has 20 heavy (non-hydrogen) atoms. The summed E-state index contributed by atoms with van der Waals surface area (Å²) >= 11 is 1.64. The zero-order chi connectivity index (χ0) is 12.7. The van der Waals surface area contributed by atoms with E-state index in [0.29, 0.717) is 11.8 Å². The van der Waals surface area contributed by atoms with Gasteiger partial charge in [0, 0.05) is 5.92 Å². The van der Waals surface area contributed by atoms with Crippen LogP contribution in [0.15, 0.2) is 29.3 Å². The summed E-state index contributed by atoms with van der Waals surface area (Å²) in [7, 11) is 0. The maximum atomic E-state index is 6.03. The van der Waals surface area contributed by atoms with Crippen LogP contribution in [0.5, 0.6) is 0 Å². The minimum absolute atomic E-state index is 0. The van der Waals surface area contributed by atoms with Crippen LogP contribution in [0.4, 0.5) is 16.4 Å².